The van der Waals surface area contributed by atoms with E-state index < -0.39 is 0 Å². The average Bonchev–Trinajstić information content (AvgIpc) is 3.37. The Kier molecular flexibility index (Phi) is 5.10. The van der Waals surface area contributed by atoms with Crippen LogP contribution in [0.3, 0.4) is 0 Å². The smallest absolute Gasteiger partial charge is 0.227 e. The number of nitrogens with one attached hydrogen (secondary N) is 1. The average molecular weight is 376 g/mol. The summed E-state index contributed by atoms with van der Waals surface area (Å²) < 4.78 is 5.27. The molecule has 144 valence electrons. The lowest BCUT2D eigenvalue weighted by Crippen LogP contribution is -2.32. The Labute approximate surface area is 164 Å². The van der Waals surface area contributed by atoms with Crippen LogP contribution in [0.2, 0.25) is 0 Å². The molecule has 1 amide bonds. The van der Waals surface area contributed by atoms with E-state index in [9.17, 15) is 4.79 Å². The summed E-state index contributed by atoms with van der Waals surface area (Å²) in [4.78, 5) is 19.2. The number of likely N-dealkylation sites (tertiary alicyclic amines) is 1. The highest BCUT2D eigenvalue weighted by Crippen LogP contribution is 2.37. The van der Waals surface area contributed by atoms with Crippen molar-refractivity contribution in [3.05, 3.63) is 65.7 Å². The normalized spacial score (nSPS) is 16.4. The fourth-order valence-electron chi connectivity index (χ4n) is 3.96. The molecule has 2 aromatic heterocycles. The topological polar surface area (TPSA) is 71.1 Å². The van der Waals surface area contributed by atoms with Gasteiger partial charge in [-0.3, -0.25) is 14.9 Å². The van der Waals surface area contributed by atoms with Crippen molar-refractivity contribution in [2.75, 3.05) is 13.7 Å². The predicted octanol–water partition coefficient (Wildman–Crippen LogP) is 3.69. The van der Waals surface area contributed by atoms with E-state index in [4.69, 9.17) is 4.74 Å². The van der Waals surface area contributed by atoms with Crippen LogP contribution in [-0.2, 0) is 11.2 Å². The lowest BCUT2D eigenvalue weighted by molar-refractivity contribution is -0.131. The van der Waals surface area contributed by atoms with Gasteiger partial charge in [0, 0.05) is 24.5 Å². The third kappa shape index (κ3) is 3.50. The quantitative estimate of drug-likeness (QED) is 0.737. The Balaban J connectivity index is 1.58. The molecule has 0 spiro atoms. The lowest BCUT2D eigenvalue weighted by atomic mass is 9.98. The van der Waals surface area contributed by atoms with Crippen LogP contribution >= 0.6 is 0 Å². The third-order valence-corrected chi connectivity index (χ3v) is 5.38. The van der Waals surface area contributed by atoms with E-state index in [0.717, 1.165) is 53.1 Å². The van der Waals surface area contributed by atoms with Crippen molar-refractivity contribution in [3.8, 4) is 16.9 Å². The number of nitrogens with zero attached hydrogens (tertiary/aromatic N) is 3. The van der Waals surface area contributed by atoms with Gasteiger partial charge in [-0.25, -0.2) is 0 Å². The maximum Gasteiger partial charge on any atom is 0.227 e. The van der Waals surface area contributed by atoms with Crippen LogP contribution in [-0.4, -0.2) is 39.6 Å². The SMILES string of the molecule is COc1cccc(CC(=O)N2CCC[C@H]2c2[nH]ncc2-c2ccncc2C)c1. The van der Waals surface area contributed by atoms with Crippen molar-refractivity contribution in [2.24, 2.45) is 0 Å². The molecule has 4 rings (SSSR count). The zero-order chi connectivity index (χ0) is 19.5. The molecule has 1 aromatic carbocycles. The number of ether oxygens (including phenoxy) is 1. The van der Waals surface area contributed by atoms with Gasteiger partial charge in [-0.05, 0) is 54.7 Å². The van der Waals surface area contributed by atoms with Crippen LogP contribution < -0.4 is 4.74 Å². The van der Waals surface area contributed by atoms with Gasteiger partial charge in [-0.2, -0.15) is 5.10 Å². The molecule has 3 heterocycles. The lowest BCUT2D eigenvalue weighted by Gasteiger charge is -2.25. The molecule has 1 saturated heterocycles. The zero-order valence-electron chi connectivity index (χ0n) is 16.2. The summed E-state index contributed by atoms with van der Waals surface area (Å²) in [6.07, 6.45) is 7.78. The van der Waals surface area contributed by atoms with Gasteiger partial charge in [0.25, 0.3) is 0 Å². The van der Waals surface area contributed by atoms with Gasteiger partial charge in [-0.1, -0.05) is 12.1 Å². The molecule has 1 aliphatic heterocycles. The van der Waals surface area contributed by atoms with Crippen molar-refractivity contribution < 1.29 is 9.53 Å². The number of hydrogen-bond donors (Lipinski definition) is 1. The number of carbonyl (C=O) groups is 1. The Bertz CT molecular complexity index is 982. The first-order valence-electron chi connectivity index (χ1n) is 9.54. The number of benzene rings is 1. The third-order valence-electron chi connectivity index (χ3n) is 5.38. The Morgan fingerprint density at radius 2 is 2.18 bits per heavy atom. The largest absolute Gasteiger partial charge is 0.497 e. The summed E-state index contributed by atoms with van der Waals surface area (Å²) in [5.41, 5.74) is 5.21. The second-order valence-corrected chi connectivity index (χ2v) is 7.16. The van der Waals surface area contributed by atoms with Crippen LogP contribution in [0.25, 0.3) is 11.1 Å². The van der Waals surface area contributed by atoms with E-state index in [1.54, 1.807) is 13.3 Å². The number of carbonyl (C=O) groups excluding carboxylic acids is 1. The van der Waals surface area contributed by atoms with Gasteiger partial charge in [0.05, 0.1) is 31.5 Å². The fourth-order valence-corrected chi connectivity index (χ4v) is 3.96. The van der Waals surface area contributed by atoms with E-state index in [1.807, 2.05) is 54.5 Å². The first-order valence-corrected chi connectivity index (χ1v) is 9.54. The summed E-state index contributed by atoms with van der Waals surface area (Å²) in [7, 11) is 1.64. The molecule has 0 unspecified atom stereocenters. The number of aromatic amines is 1. The van der Waals surface area contributed by atoms with Crippen molar-refractivity contribution in [3.63, 3.8) is 0 Å². The Morgan fingerprint density at radius 3 is 3.00 bits per heavy atom. The Hall–Kier alpha value is -3.15. The molecular formula is C22H24N4O2. The molecule has 28 heavy (non-hydrogen) atoms. The number of rotatable bonds is 5. The summed E-state index contributed by atoms with van der Waals surface area (Å²) in [5.74, 6) is 0.898. The highest BCUT2D eigenvalue weighted by molar-refractivity contribution is 5.80. The number of hydrogen-bond acceptors (Lipinski definition) is 4. The molecule has 1 N–H and O–H groups in total. The molecule has 0 bridgehead atoms. The van der Waals surface area contributed by atoms with Crippen LogP contribution in [0.15, 0.2) is 48.9 Å². The summed E-state index contributed by atoms with van der Waals surface area (Å²) in [6.45, 7) is 2.81. The first-order chi connectivity index (χ1) is 13.7. The van der Waals surface area contributed by atoms with Gasteiger partial charge in [0.1, 0.15) is 5.75 Å². The van der Waals surface area contributed by atoms with Gasteiger partial charge in [0.15, 0.2) is 0 Å². The van der Waals surface area contributed by atoms with Gasteiger partial charge >= 0.3 is 0 Å². The first kappa shape index (κ1) is 18.2. The molecule has 0 saturated carbocycles. The molecule has 3 aromatic rings. The van der Waals surface area contributed by atoms with E-state index in [0.29, 0.717) is 6.42 Å². The predicted molar refractivity (Wildman–Crippen MR) is 107 cm³/mol. The summed E-state index contributed by atoms with van der Waals surface area (Å²) in [5, 5.41) is 7.44. The second-order valence-electron chi connectivity index (χ2n) is 7.16. The molecule has 0 radical (unpaired) electrons. The van der Waals surface area contributed by atoms with Crippen molar-refractivity contribution in [1.82, 2.24) is 20.1 Å². The van der Waals surface area contributed by atoms with Gasteiger partial charge < -0.3 is 9.64 Å². The van der Waals surface area contributed by atoms with E-state index in [2.05, 4.69) is 15.2 Å². The van der Waals surface area contributed by atoms with E-state index in [1.165, 1.54) is 0 Å². The second kappa shape index (κ2) is 7.84. The van der Waals surface area contributed by atoms with Gasteiger partial charge in [-0.15, -0.1) is 0 Å². The molecule has 6 nitrogen and oxygen atoms in total. The van der Waals surface area contributed by atoms with Crippen LogP contribution in [0.1, 0.15) is 35.7 Å². The molecule has 1 aliphatic rings. The van der Waals surface area contributed by atoms with E-state index >= 15 is 0 Å². The fraction of sp³-hybridized carbons (Fsp3) is 0.318. The zero-order valence-corrected chi connectivity index (χ0v) is 16.2. The molecule has 0 aliphatic carbocycles. The highest BCUT2D eigenvalue weighted by atomic mass is 16.5. The molecule has 1 atom stereocenters. The van der Waals surface area contributed by atoms with Crippen molar-refractivity contribution >= 4 is 5.91 Å². The summed E-state index contributed by atoms with van der Waals surface area (Å²) in [6, 6.07) is 9.71. The number of H-pyrrole nitrogens is 1. The molecular weight excluding hydrogens is 352 g/mol. The minimum atomic E-state index is 0.0168. The monoisotopic (exact) mass is 376 g/mol. The number of aryl methyl sites for hydroxylation is 1. The number of methoxy groups -OCH3 is 1. The standard InChI is InChI=1S/C22H24N4O2/c1-15-13-23-9-8-18(15)19-14-24-25-22(19)20-7-4-10-26(20)21(27)12-16-5-3-6-17(11-16)28-2/h3,5-6,8-9,11,13-14,20H,4,7,10,12H2,1-2H3,(H,24,25)/t20-/m0/s1. The highest BCUT2D eigenvalue weighted by Gasteiger charge is 2.32. The number of pyridine rings is 1. The van der Waals surface area contributed by atoms with Crippen molar-refractivity contribution in [2.45, 2.75) is 32.2 Å². The number of aromatic nitrogens is 3. The molecule has 6 heteroatoms. The van der Waals surface area contributed by atoms with Gasteiger partial charge in [0.2, 0.25) is 5.91 Å². The number of amides is 1. The van der Waals surface area contributed by atoms with Crippen LogP contribution in [0, 0.1) is 6.92 Å². The van der Waals surface area contributed by atoms with E-state index in [-0.39, 0.29) is 11.9 Å². The maximum atomic E-state index is 13.1. The minimum absolute atomic E-state index is 0.0168. The van der Waals surface area contributed by atoms with Crippen LogP contribution in [0.4, 0.5) is 0 Å². The van der Waals surface area contributed by atoms with Crippen LogP contribution in [0.5, 0.6) is 5.75 Å². The summed E-state index contributed by atoms with van der Waals surface area (Å²) >= 11 is 0. The van der Waals surface area contributed by atoms with Crippen molar-refractivity contribution in [1.29, 1.82) is 0 Å². The molecule has 1 fully saturated rings. The maximum absolute atomic E-state index is 13.1. The Morgan fingerprint density at radius 1 is 1.29 bits per heavy atom. The minimum Gasteiger partial charge on any atom is -0.497 e.